The number of aromatic nitrogens is 3. The fourth-order valence-corrected chi connectivity index (χ4v) is 3.32. The van der Waals surface area contributed by atoms with Gasteiger partial charge in [0.05, 0.1) is 11.8 Å². The summed E-state index contributed by atoms with van der Waals surface area (Å²) in [5, 5.41) is 11.0. The fraction of sp³-hybridized carbons (Fsp3) is 0.188. The van der Waals surface area contributed by atoms with E-state index in [2.05, 4.69) is 20.5 Å². The Labute approximate surface area is 139 Å². The Kier molecular flexibility index (Phi) is 3.61. The number of benzene rings is 1. The van der Waals surface area contributed by atoms with E-state index in [1.54, 1.807) is 6.20 Å². The minimum atomic E-state index is -0.708. The maximum atomic E-state index is 13.8. The minimum Gasteiger partial charge on any atom is -0.305 e. The minimum absolute atomic E-state index is 0.106. The highest BCUT2D eigenvalue weighted by atomic mass is 32.1. The van der Waals surface area contributed by atoms with Crippen LogP contribution in [0.5, 0.6) is 0 Å². The third kappa shape index (κ3) is 2.69. The van der Waals surface area contributed by atoms with Gasteiger partial charge >= 0.3 is 0 Å². The number of carbonyl (C=O) groups is 1. The molecule has 24 heavy (non-hydrogen) atoms. The van der Waals surface area contributed by atoms with E-state index in [-0.39, 0.29) is 16.3 Å². The van der Waals surface area contributed by atoms with Gasteiger partial charge in [0.25, 0.3) is 5.91 Å². The highest BCUT2D eigenvalue weighted by Gasteiger charge is 2.28. The monoisotopic (exact) mass is 346 g/mol. The summed E-state index contributed by atoms with van der Waals surface area (Å²) in [6, 6.07) is 3.60. The van der Waals surface area contributed by atoms with Gasteiger partial charge in [0.15, 0.2) is 0 Å². The number of halogens is 2. The van der Waals surface area contributed by atoms with Gasteiger partial charge in [-0.1, -0.05) is 6.07 Å². The third-order valence-electron chi connectivity index (χ3n) is 3.84. The van der Waals surface area contributed by atoms with E-state index in [4.69, 9.17) is 0 Å². The first-order valence-electron chi connectivity index (χ1n) is 7.38. The molecule has 1 saturated carbocycles. The zero-order valence-electron chi connectivity index (χ0n) is 12.3. The molecular formula is C16H12F2N4OS. The van der Waals surface area contributed by atoms with Gasteiger partial charge < -0.3 is 5.32 Å². The third-order valence-corrected chi connectivity index (χ3v) is 4.70. The van der Waals surface area contributed by atoms with E-state index in [1.807, 2.05) is 0 Å². The molecule has 122 valence electrons. The molecule has 3 aromatic rings. The summed E-state index contributed by atoms with van der Waals surface area (Å²) in [7, 11) is 0. The largest absolute Gasteiger partial charge is 0.305 e. The van der Waals surface area contributed by atoms with Crippen molar-refractivity contribution in [2.24, 2.45) is 0 Å². The lowest BCUT2D eigenvalue weighted by Gasteiger charge is -2.03. The van der Waals surface area contributed by atoms with Crippen LogP contribution in [0.15, 0.2) is 29.8 Å². The zero-order chi connectivity index (χ0) is 16.7. The summed E-state index contributed by atoms with van der Waals surface area (Å²) < 4.78 is 27.6. The predicted molar refractivity (Wildman–Crippen MR) is 86.0 cm³/mol. The Hall–Kier alpha value is -2.61. The normalized spacial score (nSPS) is 13.9. The van der Waals surface area contributed by atoms with Crippen molar-refractivity contribution >= 4 is 23.1 Å². The first-order chi connectivity index (χ1) is 11.6. The molecular weight excluding hydrogens is 334 g/mol. The van der Waals surface area contributed by atoms with Gasteiger partial charge in [0.1, 0.15) is 28.2 Å². The second kappa shape index (κ2) is 5.79. The van der Waals surface area contributed by atoms with E-state index < -0.39 is 17.5 Å². The van der Waals surface area contributed by atoms with Crippen molar-refractivity contribution in [3.63, 3.8) is 0 Å². The number of aromatic amines is 1. The van der Waals surface area contributed by atoms with Crippen LogP contribution in [0.3, 0.4) is 0 Å². The van der Waals surface area contributed by atoms with Crippen LogP contribution in [0, 0.1) is 11.6 Å². The van der Waals surface area contributed by atoms with Gasteiger partial charge in [-0.05, 0) is 30.9 Å². The van der Waals surface area contributed by atoms with Gasteiger partial charge in [-0.25, -0.2) is 13.8 Å². The fourth-order valence-electron chi connectivity index (χ4n) is 2.47. The number of hydrogen-bond donors (Lipinski definition) is 2. The maximum Gasteiger partial charge on any atom is 0.276 e. The number of amides is 1. The average molecular weight is 346 g/mol. The van der Waals surface area contributed by atoms with Crippen molar-refractivity contribution in [1.82, 2.24) is 15.2 Å². The smallest absolute Gasteiger partial charge is 0.276 e. The summed E-state index contributed by atoms with van der Waals surface area (Å²) in [6.07, 6.45) is 3.86. The molecule has 1 aliphatic rings. The van der Waals surface area contributed by atoms with Crippen LogP contribution >= 0.6 is 11.3 Å². The van der Waals surface area contributed by atoms with Crippen LogP contribution in [-0.2, 0) is 0 Å². The van der Waals surface area contributed by atoms with E-state index >= 15 is 0 Å². The van der Waals surface area contributed by atoms with Gasteiger partial charge in [-0.15, -0.1) is 11.3 Å². The highest BCUT2D eigenvalue weighted by molar-refractivity contribution is 7.13. The van der Waals surface area contributed by atoms with Crippen molar-refractivity contribution in [2.75, 3.05) is 5.32 Å². The number of anilines is 1. The molecule has 0 spiro atoms. The molecule has 0 radical (unpaired) electrons. The Morgan fingerprint density at radius 3 is 2.75 bits per heavy atom. The molecule has 2 aromatic heterocycles. The van der Waals surface area contributed by atoms with Crippen molar-refractivity contribution in [3.05, 3.63) is 52.7 Å². The van der Waals surface area contributed by atoms with Crippen LogP contribution in [0.1, 0.15) is 34.8 Å². The lowest BCUT2D eigenvalue weighted by molar-refractivity contribution is 0.102. The topological polar surface area (TPSA) is 70.7 Å². The SMILES string of the molecule is O=C(Nc1[nH]ncc1C1CC1)c1csc(-c2c(F)cccc2F)n1. The Bertz CT molecular complexity index is 896. The molecule has 0 atom stereocenters. The van der Waals surface area contributed by atoms with Gasteiger partial charge in [-0.2, -0.15) is 5.10 Å². The van der Waals surface area contributed by atoms with Gasteiger partial charge in [-0.3, -0.25) is 9.89 Å². The van der Waals surface area contributed by atoms with E-state index in [9.17, 15) is 13.6 Å². The summed E-state index contributed by atoms with van der Waals surface area (Å²) >= 11 is 1.02. The standard InChI is InChI=1S/C16H12F2N4OS/c17-10-2-1-3-11(18)13(10)16-20-12(7-24-16)15(23)21-14-9(6-19-22-14)8-4-5-8/h1-3,6-8H,4-5H2,(H2,19,21,22,23). The lowest BCUT2D eigenvalue weighted by atomic mass is 10.2. The highest BCUT2D eigenvalue weighted by Crippen LogP contribution is 2.42. The molecule has 1 aliphatic carbocycles. The summed E-state index contributed by atoms with van der Waals surface area (Å²) in [4.78, 5) is 16.4. The van der Waals surface area contributed by atoms with Crippen LogP contribution in [0.2, 0.25) is 0 Å². The van der Waals surface area contributed by atoms with Crippen LogP contribution in [0.4, 0.5) is 14.6 Å². The van der Waals surface area contributed by atoms with E-state index in [1.165, 1.54) is 11.4 Å². The summed E-state index contributed by atoms with van der Waals surface area (Å²) in [5.41, 5.74) is 0.856. The molecule has 2 heterocycles. The number of hydrogen-bond acceptors (Lipinski definition) is 4. The molecule has 0 bridgehead atoms. The van der Waals surface area contributed by atoms with Crippen LogP contribution in [0.25, 0.3) is 10.6 Å². The average Bonchev–Trinajstić information content (AvgIpc) is 3.09. The van der Waals surface area contributed by atoms with Crippen molar-refractivity contribution in [1.29, 1.82) is 0 Å². The molecule has 0 aliphatic heterocycles. The molecule has 5 nitrogen and oxygen atoms in total. The number of rotatable bonds is 4. The number of nitrogens with one attached hydrogen (secondary N) is 2. The molecule has 0 unspecified atom stereocenters. The quantitative estimate of drug-likeness (QED) is 0.752. The van der Waals surface area contributed by atoms with Crippen LogP contribution < -0.4 is 5.32 Å². The van der Waals surface area contributed by atoms with Crippen molar-refractivity contribution in [2.45, 2.75) is 18.8 Å². The number of H-pyrrole nitrogens is 1. The van der Waals surface area contributed by atoms with Gasteiger partial charge in [0.2, 0.25) is 0 Å². The first-order valence-corrected chi connectivity index (χ1v) is 8.26. The Morgan fingerprint density at radius 2 is 2.04 bits per heavy atom. The lowest BCUT2D eigenvalue weighted by Crippen LogP contribution is -2.13. The molecule has 4 rings (SSSR count). The maximum absolute atomic E-state index is 13.8. The van der Waals surface area contributed by atoms with E-state index in [0.717, 1.165) is 41.9 Å². The summed E-state index contributed by atoms with van der Waals surface area (Å²) in [5.74, 6) is -0.881. The number of carbonyl (C=O) groups excluding carboxylic acids is 1. The second-order valence-electron chi connectivity index (χ2n) is 5.56. The summed E-state index contributed by atoms with van der Waals surface area (Å²) in [6.45, 7) is 0. The van der Waals surface area contributed by atoms with E-state index in [0.29, 0.717) is 11.7 Å². The number of thiazole rings is 1. The first kappa shape index (κ1) is 14.9. The molecule has 1 aromatic carbocycles. The Morgan fingerprint density at radius 1 is 1.29 bits per heavy atom. The van der Waals surface area contributed by atoms with Crippen LogP contribution in [-0.4, -0.2) is 21.1 Å². The second-order valence-corrected chi connectivity index (χ2v) is 6.42. The Balaban J connectivity index is 1.58. The zero-order valence-corrected chi connectivity index (χ0v) is 13.2. The molecule has 0 saturated heterocycles. The van der Waals surface area contributed by atoms with Crippen molar-refractivity contribution < 1.29 is 13.6 Å². The molecule has 8 heteroatoms. The van der Waals surface area contributed by atoms with Crippen molar-refractivity contribution in [3.8, 4) is 10.6 Å². The molecule has 1 amide bonds. The number of nitrogens with zero attached hydrogens (tertiary/aromatic N) is 2. The van der Waals surface area contributed by atoms with Gasteiger partial charge in [0, 0.05) is 10.9 Å². The molecule has 1 fully saturated rings. The predicted octanol–water partition coefficient (Wildman–Crippen LogP) is 3.94. The molecule has 2 N–H and O–H groups in total.